The average Bonchev–Trinajstić information content (AvgIpc) is 2.12. The predicted octanol–water partition coefficient (Wildman–Crippen LogP) is 1.05. The summed E-state index contributed by atoms with van der Waals surface area (Å²) >= 11 is 0. The SMILES string of the molecule is COC(=O)CCC(=O)N(C)CC(C)C. The first-order chi connectivity index (χ1) is 6.47. The fourth-order valence-corrected chi connectivity index (χ4v) is 1.15. The molecule has 4 heteroatoms. The predicted molar refractivity (Wildman–Crippen MR) is 53.7 cm³/mol. The van der Waals surface area contributed by atoms with Gasteiger partial charge in [-0.05, 0) is 5.92 Å². The van der Waals surface area contributed by atoms with Crippen molar-refractivity contribution in [3.63, 3.8) is 0 Å². The Hall–Kier alpha value is -1.06. The maximum absolute atomic E-state index is 11.4. The molecule has 82 valence electrons. The first-order valence-corrected chi connectivity index (χ1v) is 4.78. The van der Waals surface area contributed by atoms with Crippen LogP contribution < -0.4 is 0 Å². The van der Waals surface area contributed by atoms with Crippen LogP contribution in [0.15, 0.2) is 0 Å². The van der Waals surface area contributed by atoms with Crippen molar-refractivity contribution in [2.45, 2.75) is 26.7 Å². The summed E-state index contributed by atoms with van der Waals surface area (Å²) in [4.78, 5) is 23.8. The van der Waals surface area contributed by atoms with Crippen molar-refractivity contribution in [2.24, 2.45) is 5.92 Å². The van der Waals surface area contributed by atoms with E-state index in [1.54, 1.807) is 11.9 Å². The molecular formula is C10H19NO3. The van der Waals surface area contributed by atoms with Crippen molar-refractivity contribution in [1.82, 2.24) is 4.90 Å². The standard InChI is InChI=1S/C10H19NO3/c1-8(2)7-11(3)9(12)5-6-10(13)14-4/h8H,5-7H2,1-4H3. The zero-order valence-electron chi connectivity index (χ0n) is 9.37. The highest BCUT2D eigenvalue weighted by Gasteiger charge is 2.12. The van der Waals surface area contributed by atoms with Gasteiger partial charge in [0.2, 0.25) is 5.91 Å². The van der Waals surface area contributed by atoms with E-state index in [4.69, 9.17) is 0 Å². The molecule has 0 aliphatic heterocycles. The molecule has 0 saturated heterocycles. The summed E-state index contributed by atoms with van der Waals surface area (Å²) in [5, 5.41) is 0. The number of carbonyl (C=O) groups is 2. The van der Waals surface area contributed by atoms with Crippen molar-refractivity contribution < 1.29 is 14.3 Å². The Labute approximate surface area is 85.2 Å². The Bertz CT molecular complexity index is 202. The van der Waals surface area contributed by atoms with Crippen LogP contribution in [0.5, 0.6) is 0 Å². The third-order valence-electron chi connectivity index (χ3n) is 1.84. The zero-order chi connectivity index (χ0) is 11.1. The summed E-state index contributed by atoms with van der Waals surface area (Å²) in [5.74, 6) is 0.0995. The van der Waals surface area contributed by atoms with Crippen LogP contribution in [0.3, 0.4) is 0 Å². The van der Waals surface area contributed by atoms with Crippen molar-refractivity contribution >= 4 is 11.9 Å². The van der Waals surface area contributed by atoms with Crippen molar-refractivity contribution in [2.75, 3.05) is 20.7 Å². The van der Waals surface area contributed by atoms with Crippen LogP contribution in [0, 0.1) is 5.92 Å². The van der Waals surface area contributed by atoms with Gasteiger partial charge in [-0.2, -0.15) is 0 Å². The maximum Gasteiger partial charge on any atom is 0.306 e. The molecule has 0 rings (SSSR count). The second kappa shape index (κ2) is 6.40. The van der Waals surface area contributed by atoms with E-state index in [1.165, 1.54) is 7.11 Å². The molecule has 0 fully saturated rings. The van der Waals surface area contributed by atoms with Gasteiger partial charge in [-0.25, -0.2) is 0 Å². The molecule has 0 radical (unpaired) electrons. The van der Waals surface area contributed by atoms with Crippen molar-refractivity contribution in [3.05, 3.63) is 0 Å². The molecular weight excluding hydrogens is 182 g/mol. The lowest BCUT2D eigenvalue weighted by Gasteiger charge is -2.18. The van der Waals surface area contributed by atoms with E-state index >= 15 is 0 Å². The summed E-state index contributed by atoms with van der Waals surface area (Å²) < 4.78 is 4.45. The van der Waals surface area contributed by atoms with E-state index in [2.05, 4.69) is 4.74 Å². The van der Waals surface area contributed by atoms with E-state index in [0.29, 0.717) is 5.92 Å². The van der Waals surface area contributed by atoms with Crippen molar-refractivity contribution in [3.8, 4) is 0 Å². The molecule has 0 aromatic carbocycles. The van der Waals surface area contributed by atoms with Gasteiger partial charge in [0.15, 0.2) is 0 Å². The molecule has 0 aliphatic rings. The van der Waals surface area contributed by atoms with Gasteiger partial charge in [-0.15, -0.1) is 0 Å². The van der Waals surface area contributed by atoms with Gasteiger partial charge >= 0.3 is 5.97 Å². The molecule has 0 N–H and O–H groups in total. The van der Waals surface area contributed by atoms with Gasteiger partial charge in [-0.1, -0.05) is 13.8 Å². The fourth-order valence-electron chi connectivity index (χ4n) is 1.15. The third kappa shape index (κ3) is 5.56. The Morgan fingerprint density at radius 1 is 1.29 bits per heavy atom. The highest BCUT2D eigenvalue weighted by molar-refractivity contribution is 5.81. The number of carbonyl (C=O) groups excluding carboxylic acids is 2. The zero-order valence-corrected chi connectivity index (χ0v) is 9.37. The van der Waals surface area contributed by atoms with Crippen LogP contribution in [0.2, 0.25) is 0 Å². The minimum atomic E-state index is -0.337. The summed E-state index contributed by atoms with van der Waals surface area (Å²) in [6.07, 6.45) is 0.396. The topological polar surface area (TPSA) is 46.6 Å². The largest absolute Gasteiger partial charge is 0.469 e. The lowest BCUT2D eigenvalue weighted by atomic mass is 10.2. The van der Waals surface area contributed by atoms with Gasteiger partial charge in [0.05, 0.1) is 13.5 Å². The molecule has 0 heterocycles. The number of methoxy groups -OCH3 is 1. The Kier molecular flexibility index (Phi) is 5.92. The molecule has 0 aliphatic carbocycles. The molecule has 1 amide bonds. The van der Waals surface area contributed by atoms with Crippen LogP contribution in [0.4, 0.5) is 0 Å². The number of nitrogens with zero attached hydrogens (tertiary/aromatic N) is 1. The molecule has 0 spiro atoms. The molecule has 0 unspecified atom stereocenters. The van der Waals surface area contributed by atoms with Crippen LogP contribution in [0.1, 0.15) is 26.7 Å². The van der Waals surface area contributed by atoms with Crippen LogP contribution in [-0.4, -0.2) is 37.5 Å². The van der Waals surface area contributed by atoms with Gasteiger partial charge in [0.25, 0.3) is 0 Å². The minimum absolute atomic E-state index is 0.0101. The van der Waals surface area contributed by atoms with Crippen LogP contribution in [-0.2, 0) is 14.3 Å². The quantitative estimate of drug-likeness (QED) is 0.625. The summed E-state index contributed by atoms with van der Waals surface area (Å²) in [6.45, 7) is 4.81. The summed E-state index contributed by atoms with van der Waals surface area (Å²) in [5.41, 5.74) is 0. The highest BCUT2D eigenvalue weighted by atomic mass is 16.5. The lowest BCUT2D eigenvalue weighted by molar-refractivity contribution is -0.143. The number of esters is 1. The third-order valence-corrected chi connectivity index (χ3v) is 1.84. The van der Waals surface area contributed by atoms with E-state index in [-0.39, 0.29) is 24.7 Å². The van der Waals surface area contributed by atoms with Crippen LogP contribution >= 0.6 is 0 Å². The molecule has 0 aromatic rings. The monoisotopic (exact) mass is 201 g/mol. The number of hydrogen-bond donors (Lipinski definition) is 0. The number of ether oxygens (including phenoxy) is 1. The second-order valence-electron chi connectivity index (χ2n) is 3.74. The highest BCUT2D eigenvalue weighted by Crippen LogP contribution is 2.01. The van der Waals surface area contributed by atoms with E-state index < -0.39 is 0 Å². The molecule has 14 heavy (non-hydrogen) atoms. The van der Waals surface area contributed by atoms with Gasteiger partial charge in [-0.3, -0.25) is 9.59 Å². The molecule has 0 bridgehead atoms. The Morgan fingerprint density at radius 3 is 2.29 bits per heavy atom. The van der Waals surface area contributed by atoms with E-state index in [9.17, 15) is 9.59 Å². The van der Waals surface area contributed by atoms with Gasteiger partial charge < -0.3 is 9.64 Å². The molecule has 4 nitrogen and oxygen atoms in total. The maximum atomic E-state index is 11.4. The number of amides is 1. The normalized spacial score (nSPS) is 10.1. The van der Waals surface area contributed by atoms with Crippen LogP contribution in [0.25, 0.3) is 0 Å². The molecule has 0 atom stereocenters. The Balaban J connectivity index is 3.78. The van der Waals surface area contributed by atoms with E-state index in [1.807, 2.05) is 13.8 Å². The second-order valence-corrected chi connectivity index (χ2v) is 3.74. The molecule has 0 saturated carbocycles. The molecule has 0 aromatic heterocycles. The smallest absolute Gasteiger partial charge is 0.306 e. The fraction of sp³-hybridized carbons (Fsp3) is 0.800. The lowest BCUT2D eigenvalue weighted by Crippen LogP contribution is -2.30. The summed E-state index contributed by atoms with van der Waals surface area (Å²) in [6, 6.07) is 0. The van der Waals surface area contributed by atoms with Gasteiger partial charge in [0.1, 0.15) is 0 Å². The van der Waals surface area contributed by atoms with Gasteiger partial charge in [0, 0.05) is 20.0 Å². The minimum Gasteiger partial charge on any atom is -0.469 e. The Morgan fingerprint density at radius 2 is 1.86 bits per heavy atom. The summed E-state index contributed by atoms with van der Waals surface area (Å²) in [7, 11) is 3.07. The first-order valence-electron chi connectivity index (χ1n) is 4.78. The van der Waals surface area contributed by atoms with Crippen molar-refractivity contribution in [1.29, 1.82) is 0 Å². The van der Waals surface area contributed by atoms with E-state index in [0.717, 1.165) is 6.54 Å². The average molecular weight is 201 g/mol. The number of rotatable bonds is 5. The number of hydrogen-bond acceptors (Lipinski definition) is 3. The first kappa shape index (κ1) is 12.9.